The Labute approximate surface area is 105 Å². The molecule has 0 bridgehead atoms. The summed E-state index contributed by atoms with van der Waals surface area (Å²) in [6, 6.07) is 0. The summed E-state index contributed by atoms with van der Waals surface area (Å²) in [5.41, 5.74) is -0.590. The highest BCUT2D eigenvalue weighted by Gasteiger charge is 2.34. The maximum atomic E-state index is 11.3. The van der Waals surface area contributed by atoms with Crippen LogP contribution in [0.1, 0.15) is 33.6 Å². The van der Waals surface area contributed by atoms with Crippen LogP contribution in [0.15, 0.2) is 0 Å². The van der Waals surface area contributed by atoms with Crippen molar-refractivity contribution in [1.82, 2.24) is 9.80 Å². The average molecular weight is 242 g/mol. The van der Waals surface area contributed by atoms with E-state index in [4.69, 9.17) is 0 Å². The highest BCUT2D eigenvalue weighted by Crippen LogP contribution is 2.23. The molecule has 0 aromatic carbocycles. The van der Waals surface area contributed by atoms with Crippen LogP contribution in [0.5, 0.6) is 0 Å². The third kappa shape index (κ3) is 3.96. The van der Waals surface area contributed by atoms with E-state index in [1.54, 1.807) is 0 Å². The van der Waals surface area contributed by atoms with Crippen molar-refractivity contribution in [2.24, 2.45) is 5.41 Å². The molecular formula is C13H26N2O2. The molecule has 0 aliphatic carbocycles. The zero-order valence-corrected chi connectivity index (χ0v) is 11.4. The van der Waals surface area contributed by atoms with Gasteiger partial charge in [-0.2, -0.15) is 0 Å². The largest absolute Gasteiger partial charge is 0.481 e. The molecule has 1 unspecified atom stereocenters. The van der Waals surface area contributed by atoms with Crippen molar-refractivity contribution in [3.05, 3.63) is 0 Å². The normalized spacial score (nSPS) is 22.3. The first-order valence-electron chi connectivity index (χ1n) is 6.70. The molecule has 1 fully saturated rings. The molecule has 0 saturated carbocycles. The van der Waals surface area contributed by atoms with Crippen molar-refractivity contribution in [1.29, 1.82) is 0 Å². The summed E-state index contributed by atoms with van der Waals surface area (Å²) < 4.78 is 0. The Morgan fingerprint density at radius 3 is 2.12 bits per heavy atom. The van der Waals surface area contributed by atoms with Gasteiger partial charge in [0.2, 0.25) is 0 Å². The summed E-state index contributed by atoms with van der Waals surface area (Å²) in [5.74, 6) is -0.670. The van der Waals surface area contributed by atoms with Crippen LogP contribution in [0.3, 0.4) is 0 Å². The molecule has 1 N–H and O–H groups in total. The number of carboxylic acids is 1. The Morgan fingerprint density at radius 2 is 1.71 bits per heavy atom. The minimum atomic E-state index is -0.670. The number of hydrogen-bond donors (Lipinski definition) is 1. The molecule has 0 radical (unpaired) electrons. The van der Waals surface area contributed by atoms with Crippen molar-refractivity contribution in [2.45, 2.75) is 33.6 Å². The Balaban J connectivity index is 2.42. The molecular weight excluding hydrogens is 216 g/mol. The fourth-order valence-corrected chi connectivity index (χ4v) is 2.31. The van der Waals surface area contributed by atoms with Crippen LogP contribution < -0.4 is 0 Å². The van der Waals surface area contributed by atoms with Gasteiger partial charge in [0.05, 0.1) is 5.41 Å². The van der Waals surface area contributed by atoms with Gasteiger partial charge in [-0.15, -0.1) is 0 Å². The van der Waals surface area contributed by atoms with Gasteiger partial charge in [-0.05, 0) is 26.3 Å². The quantitative estimate of drug-likeness (QED) is 0.767. The van der Waals surface area contributed by atoms with Crippen molar-refractivity contribution in [2.75, 3.05) is 39.3 Å². The van der Waals surface area contributed by atoms with E-state index in [0.29, 0.717) is 13.0 Å². The van der Waals surface area contributed by atoms with Gasteiger partial charge in [0, 0.05) is 32.7 Å². The lowest BCUT2D eigenvalue weighted by atomic mass is 9.87. The van der Waals surface area contributed by atoms with Crippen molar-refractivity contribution >= 4 is 5.97 Å². The van der Waals surface area contributed by atoms with Crippen molar-refractivity contribution < 1.29 is 9.90 Å². The molecule has 1 aliphatic heterocycles. The molecule has 4 nitrogen and oxygen atoms in total. The first kappa shape index (κ1) is 14.5. The maximum absolute atomic E-state index is 11.3. The number of piperazine rings is 1. The second-order valence-electron chi connectivity index (χ2n) is 5.34. The summed E-state index contributed by atoms with van der Waals surface area (Å²) >= 11 is 0. The number of nitrogens with zero attached hydrogens (tertiary/aromatic N) is 2. The van der Waals surface area contributed by atoms with Gasteiger partial charge in [-0.3, -0.25) is 9.69 Å². The number of hydrogen-bond acceptors (Lipinski definition) is 3. The van der Waals surface area contributed by atoms with Crippen LogP contribution in [0, 0.1) is 5.41 Å². The predicted octanol–water partition coefficient (Wildman–Crippen LogP) is 1.51. The van der Waals surface area contributed by atoms with E-state index >= 15 is 0 Å². The molecule has 1 atom stereocenters. The van der Waals surface area contributed by atoms with Crippen LogP contribution in [0.25, 0.3) is 0 Å². The Bertz CT molecular complexity index is 250. The highest BCUT2D eigenvalue weighted by molar-refractivity contribution is 5.74. The summed E-state index contributed by atoms with van der Waals surface area (Å²) in [6.45, 7) is 12.0. The zero-order chi connectivity index (χ0) is 12.9. The molecule has 1 aliphatic rings. The lowest BCUT2D eigenvalue weighted by molar-refractivity contribution is -0.149. The number of aliphatic carboxylic acids is 1. The maximum Gasteiger partial charge on any atom is 0.310 e. The van der Waals surface area contributed by atoms with Gasteiger partial charge in [-0.25, -0.2) is 0 Å². The first-order valence-corrected chi connectivity index (χ1v) is 6.70. The second kappa shape index (κ2) is 6.36. The van der Waals surface area contributed by atoms with E-state index in [0.717, 1.165) is 32.7 Å². The van der Waals surface area contributed by atoms with E-state index in [1.165, 1.54) is 6.42 Å². The van der Waals surface area contributed by atoms with Crippen LogP contribution >= 0.6 is 0 Å². The molecule has 0 aromatic rings. The van der Waals surface area contributed by atoms with Crippen LogP contribution in [-0.4, -0.2) is 60.1 Å². The van der Waals surface area contributed by atoms with Gasteiger partial charge in [0.15, 0.2) is 0 Å². The van der Waals surface area contributed by atoms with Crippen molar-refractivity contribution in [3.8, 4) is 0 Å². The Kier molecular flexibility index (Phi) is 5.40. The first-order chi connectivity index (χ1) is 8.01. The second-order valence-corrected chi connectivity index (χ2v) is 5.34. The molecule has 1 saturated heterocycles. The van der Waals surface area contributed by atoms with E-state index in [9.17, 15) is 9.90 Å². The van der Waals surface area contributed by atoms with Crippen molar-refractivity contribution in [3.63, 3.8) is 0 Å². The molecule has 17 heavy (non-hydrogen) atoms. The summed E-state index contributed by atoms with van der Waals surface area (Å²) in [4.78, 5) is 16.0. The SMILES string of the molecule is CCCN1CCN(CC(C)(CC)C(=O)O)CC1. The van der Waals surface area contributed by atoms with Crippen LogP contribution in [0.2, 0.25) is 0 Å². The van der Waals surface area contributed by atoms with Gasteiger partial charge in [-0.1, -0.05) is 13.8 Å². The van der Waals surface area contributed by atoms with E-state index in [1.807, 2.05) is 13.8 Å². The number of rotatable bonds is 6. The third-order valence-electron chi connectivity index (χ3n) is 3.87. The summed E-state index contributed by atoms with van der Waals surface area (Å²) in [6.07, 6.45) is 1.89. The third-order valence-corrected chi connectivity index (χ3v) is 3.87. The minimum Gasteiger partial charge on any atom is -0.481 e. The molecule has 1 heterocycles. The standard InChI is InChI=1S/C13H26N2O2/c1-4-6-14-7-9-15(10-8-14)11-13(3,5-2)12(16)17/h4-11H2,1-3H3,(H,16,17). The van der Waals surface area contributed by atoms with E-state index in [2.05, 4.69) is 16.7 Å². The topological polar surface area (TPSA) is 43.8 Å². The summed E-state index contributed by atoms with van der Waals surface area (Å²) in [7, 11) is 0. The van der Waals surface area contributed by atoms with Crippen LogP contribution in [-0.2, 0) is 4.79 Å². The Hall–Kier alpha value is -0.610. The molecule has 1 rings (SSSR count). The molecule has 100 valence electrons. The van der Waals surface area contributed by atoms with Gasteiger partial charge >= 0.3 is 5.97 Å². The fourth-order valence-electron chi connectivity index (χ4n) is 2.31. The average Bonchev–Trinajstić information content (AvgIpc) is 2.31. The van der Waals surface area contributed by atoms with Gasteiger partial charge in [0.1, 0.15) is 0 Å². The monoisotopic (exact) mass is 242 g/mol. The molecule has 4 heteroatoms. The molecule has 0 amide bonds. The molecule has 0 spiro atoms. The summed E-state index contributed by atoms with van der Waals surface area (Å²) in [5, 5.41) is 9.26. The lowest BCUT2D eigenvalue weighted by Gasteiger charge is -2.38. The Morgan fingerprint density at radius 1 is 1.18 bits per heavy atom. The van der Waals surface area contributed by atoms with E-state index in [-0.39, 0.29) is 0 Å². The highest BCUT2D eigenvalue weighted by atomic mass is 16.4. The zero-order valence-electron chi connectivity index (χ0n) is 11.4. The predicted molar refractivity (Wildman–Crippen MR) is 69.2 cm³/mol. The van der Waals surface area contributed by atoms with E-state index < -0.39 is 11.4 Å². The minimum absolute atomic E-state index is 0.590. The molecule has 0 aromatic heterocycles. The fraction of sp³-hybridized carbons (Fsp3) is 0.923. The number of carboxylic acid groups (broad SMARTS) is 1. The van der Waals surface area contributed by atoms with Gasteiger partial charge < -0.3 is 10.0 Å². The smallest absolute Gasteiger partial charge is 0.310 e. The van der Waals surface area contributed by atoms with Crippen LogP contribution in [0.4, 0.5) is 0 Å². The lowest BCUT2D eigenvalue weighted by Crippen LogP contribution is -2.50. The number of carbonyl (C=O) groups is 1. The van der Waals surface area contributed by atoms with Gasteiger partial charge in [0.25, 0.3) is 0 Å².